The molecular formula is C22H35IN6O2. The Balaban J connectivity index is 0.00000341. The molecular weight excluding hydrogens is 507 g/mol. The van der Waals surface area contributed by atoms with Crippen molar-refractivity contribution in [3.05, 3.63) is 36.7 Å². The van der Waals surface area contributed by atoms with Gasteiger partial charge in [-0.15, -0.1) is 24.0 Å². The van der Waals surface area contributed by atoms with Crippen LogP contribution in [0.5, 0.6) is 11.5 Å². The highest BCUT2D eigenvalue weighted by Gasteiger charge is 2.21. The molecule has 172 valence electrons. The van der Waals surface area contributed by atoms with E-state index in [4.69, 9.17) is 9.47 Å². The lowest BCUT2D eigenvalue weighted by molar-refractivity contribution is 0.393. The summed E-state index contributed by atoms with van der Waals surface area (Å²) in [6.45, 7) is 5.89. The van der Waals surface area contributed by atoms with Crippen molar-refractivity contribution >= 4 is 35.6 Å². The lowest BCUT2D eigenvalue weighted by Crippen LogP contribution is -2.49. The van der Waals surface area contributed by atoms with Gasteiger partial charge in [-0.1, -0.05) is 6.92 Å². The third kappa shape index (κ3) is 7.48. The van der Waals surface area contributed by atoms with Gasteiger partial charge in [0.2, 0.25) is 0 Å². The van der Waals surface area contributed by atoms with Crippen LogP contribution in [0.3, 0.4) is 0 Å². The second-order valence-electron chi connectivity index (χ2n) is 7.76. The first kappa shape index (κ1) is 25.1. The molecule has 1 fully saturated rings. The Hall–Kier alpha value is -2.17. The maximum Gasteiger partial charge on any atom is 0.191 e. The summed E-state index contributed by atoms with van der Waals surface area (Å²) in [5, 5.41) is 11.3. The molecule has 8 nitrogen and oxygen atoms in total. The van der Waals surface area contributed by atoms with Gasteiger partial charge in [0.15, 0.2) is 5.96 Å². The summed E-state index contributed by atoms with van der Waals surface area (Å²) >= 11 is 0. The van der Waals surface area contributed by atoms with Crippen LogP contribution in [0, 0.1) is 5.92 Å². The number of piperidine rings is 1. The highest BCUT2D eigenvalue weighted by molar-refractivity contribution is 14.0. The zero-order valence-electron chi connectivity index (χ0n) is 18.9. The standard InChI is InChI=1S/C22H34N6O2.HI/c1-17(16-28-9-5-8-25-28)15-24-22(23-2)26-18-6-10-27(11-7-18)19-12-20(29-3)14-21(13-19)30-4;/h5,8-9,12-14,17-18H,6-7,10-11,15-16H2,1-4H3,(H2,23,24,26);1H. The normalized spacial score (nSPS) is 15.7. The average Bonchev–Trinajstić information content (AvgIpc) is 3.29. The smallest absolute Gasteiger partial charge is 0.191 e. The Bertz CT molecular complexity index is 784. The highest BCUT2D eigenvalue weighted by atomic mass is 127. The van der Waals surface area contributed by atoms with Crippen molar-refractivity contribution in [1.82, 2.24) is 20.4 Å². The first-order valence-electron chi connectivity index (χ1n) is 10.5. The number of guanidine groups is 1. The molecule has 1 aromatic heterocycles. The summed E-state index contributed by atoms with van der Waals surface area (Å²) in [5.41, 5.74) is 1.14. The minimum atomic E-state index is 0. The number of halogens is 1. The van der Waals surface area contributed by atoms with Gasteiger partial charge >= 0.3 is 0 Å². The Morgan fingerprint density at radius 2 is 1.87 bits per heavy atom. The van der Waals surface area contributed by atoms with E-state index < -0.39 is 0 Å². The summed E-state index contributed by atoms with van der Waals surface area (Å²) < 4.78 is 12.8. The van der Waals surface area contributed by atoms with E-state index in [2.05, 4.69) is 44.7 Å². The first-order chi connectivity index (χ1) is 14.6. The van der Waals surface area contributed by atoms with Crippen LogP contribution in [-0.2, 0) is 6.54 Å². The van der Waals surface area contributed by atoms with Gasteiger partial charge in [-0.05, 0) is 24.8 Å². The minimum Gasteiger partial charge on any atom is -0.497 e. The number of ether oxygens (including phenoxy) is 2. The molecule has 2 aromatic rings. The summed E-state index contributed by atoms with van der Waals surface area (Å²) in [6.07, 6.45) is 5.90. The van der Waals surface area contributed by atoms with E-state index in [-0.39, 0.29) is 24.0 Å². The van der Waals surface area contributed by atoms with Gasteiger partial charge in [0.1, 0.15) is 11.5 Å². The fraction of sp³-hybridized carbons (Fsp3) is 0.545. The molecule has 0 saturated carbocycles. The molecule has 0 spiro atoms. The number of anilines is 1. The minimum absolute atomic E-state index is 0. The number of rotatable bonds is 8. The fourth-order valence-electron chi connectivity index (χ4n) is 3.71. The Kier molecular flexibility index (Phi) is 10.2. The molecule has 1 aliphatic rings. The van der Waals surface area contributed by atoms with Crippen LogP contribution < -0.4 is 25.0 Å². The number of aromatic nitrogens is 2. The van der Waals surface area contributed by atoms with Crippen LogP contribution in [0.25, 0.3) is 0 Å². The van der Waals surface area contributed by atoms with Crippen molar-refractivity contribution in [3.8, 4) is 11.5 Å². The van der Waals surface area contributed by atoms with Crippen molar-refractivity contribution in [2.24, 2.45) is 10.9 Å². The van der Waals surface area contributed by atoms with Crippen molar-refractivity contribution < 1.29 is 9.47 Å². The maximum absolute atomic E-state index is 5.41. The van der Waals surface area contributed by atoms with Crippen LogP contribution in [-0.4, -0.2) is 62.7 Å². The average molecular weight is 542 g/mol. The maximum atomic E-state index is 5.41. The Labute approximate surface area is 202 Å². The van der Waals surface area contributed by atoms with Crippen LogP contribution in [0.4, 0.5) is 5.69 Å². The molecule has 1 saturated heterocycles. The monoisotopic (exact) mass is 542 g/mol. The molecule has 31 heavy (non-hydrogen) atoms. The van der Waals surface area contributed by atoms with Gasteiger partial charge < -0.3 is 25.0 Å². The lowest BCUT2D eigenvalue weighted by Gasteiger charge is -2.35. The number of benzene rings is 1. The summed E-state index contributed by atoms with van der Waals surface area (Å²) in [7, 11) is 5.19. The molecule has 2 heterocycles. The number of aliphatic imine (C=N–C) groups is 1. The van der Waals surface area contributed by atoms with Crippen molar-refractivity contribution in [1.29, 1.82) is 0 Å². The summed E-state index contributed by atoms with van der Waals surface area (Å²) in [5.74, 6) is 2.95. The molecule has 1 aromatic carbocycles. The van der Waals surface area contributed by atoms with Crippen molar-refractivity contribution in [2.75, 3.05) is 45.8 Å². The second kappa shape index (κ2) is 12.6. The zero-order chi connectivity index (χ0) is 21.3. The largest absolute Gasteiger partial charge is 0.497 e. The van der Waals surface area contributed by atoms with E-state index in [9.17, 15) is 0 Å². The van der Waals surface area contributed by atoms with E-state index >= 15 is 0 Å². The van der Waals surface area contributed by atoms with Gasteiger partial charge in [-0.2, -0.15) is 5.10 Å². The predicted molar refractivity (Wildman–Crippen MR) is 136 cm³/mol. The topological polar surface area (TPSA) is 75.9 Å². The van der Waals surface area contributed by atoms with Gasteiger partial charge in [-0.25, -0.2) is 0 Å². The number of methoxy groups -OCH3 is 2. The van der Waals surface area contributed by atoms with E-state index in [0.29, 0.717) is 12.0 Å². The molecule has 0 radical (unpaired) electrons. The van der Waals surface area contributed by atoms with Crippen LogP contribution in [0.2, 0.25) is 0 Å². The zero-order valence-corrected chi connectivity index (χ0v) is 21.2. The molecule has 9 heteroatoms. The van der Waals surface area contributed by atoms with Gasteiger partial charge in [-0.3, -0.25) is 9.67 Å². The third-order valence-corrected chi connectivity index (χ3v) is 5.44. The molecule has 0 amide bonds. The lowest BCUT2D eigenvalue weighted by atomic mass is 10.0. The Morgan fingerprint density at radius 3 is 2.42 bits per heavy atom. The predicted octanol–water partition coefficient (Wildman–Crippen LogP) is 2.99. The third-order valence-electron chi connectivity index (χ3n) is 5.44. The molecule has 2 N–H and O–H groups in total. The van der Waals surface area contributed by atoms with E-state index in [1.807, 2.05) is 36.3 Å². The molecule has 1 atom stereocenters. The fourth-order valence-corrected chi connectivity index (χ4v) is 3.71. The molecule has 1 unspecified atom stereocenters. The van der Waals surface area contributed by atoms with E-state index in [0.717, 1.165) is 62.2 Å². The first-order valence-corrected chi connectivity index (χ1v) is 10.5. The number of hydrogen-bond acceptors (Lipinski definition) is 5. The van der Waals surface area contributed by atoms with E-state index in [1.165, 1.54) is 0 Å². The van der Waals surface area contributed by atoms with Gasteiger partial charge in [0.25, 0.3) is 0 Å². The summed E-state index contributed by atoms with van der Waals surface area (Å²) in [4.78, 5) is 6.78. The summed E-state index contributed by atoms with van der Waals surface area (Å²) in [6, 6.07) is 8.40. The van der Waals surface area contributed by atoms with Gasteiger partial charge in [0.05, 0.1) is 14.2 Å². The van der Waals surface area contributed by atoms with Crippen LogP contribution in [0.15, 0.2) is 41.7 Å². The van der Waals surface area contributed by atoms with Crippen molar-refractivity contribution in [2.45, 2.75) is 32.4 Å². The second-order valence-corrected chi connectivity index (χ2v) is 7.76. The van der Waals surface area contributed by atoms with Crippen molar-refractivity contribution in [3.63, 3.8) is 0 Å². The molecule has 0 bridgehead atoms. The van der Waals surface area contributed by atoms with Crippen LogP contribution in [0.1, 0.15) is 19.8 Å². The number of hydrogen-bond donors (Lipinski definition) is 2. The number of nitrogens with zero attached hydrogens (tertiary/aromatic N) is 4. The highest BCUT2D eigenvalue weighted by Crippen LogP contribution is 2.30. The van der Waals surface area contributed by atoms with Crippen LogP contribution >= 0.6 is 24.0 Å². The molecule has 0 aliphatic carbocycles. The number of nitrogens with one attached hydrogen (secondary N) is 2. The Morgan fingerprint density at radius 1 is 1.19 bits per heavy atom. The quantitative estimate of drug-likeness (QED) is 0.304. The molecule has 1 aliphatic heterocycles. The SMILES string of the molecule is CN=C(NCC(C)Cn1cccn1)NC1CCN(c2cc(OC)cc(OC)c2)CC1.I. The van der Waals surface area contributed by atoms with Gasteiger partial charge in [0, 0.05) is 75.5 Å². The van der Waals surface area contributed by atoms with E-state index in [1.54, 1.807) is 14.2 Å². The molecule has 3 rings (SSSR count).